The maximum absolute atomic E-state index is 9.92. The first-order valence-electron chi connectivity index (χ1n) is 6.54. The van der Waals surface area contributed by atoms with E-state index in [0.29, 0.717) is 12.3 Å². The SMILES string of the molecule is OC(COc1cccc(-n2cncn2)c1)Cn1cccn1. The lowest BCUT2D eigenvalue weighted by molar-refractivity contribution is 0.0893. The third kappa shape index (κ3) is 3.46. The van der Waals surface area contributed by atoms with E-state index in [2.05, 4.69) is 15.2 Å². The molecule has 0 bridgehead atoms. The predicted octanol–water partition coefficient (Wildman–Crippen LogP) is 0.904. The third-order valence-corrected chi connectivity index (χ3v) is 2.90. The van der Waals surface area contributed by atoms with Crippen LogP contribution in [-0.4, -0.2) is 42.4 Å². The fourth-order valence-corrected chi connectivity index (χ4v) is 1.93. The zero-order valence-electron chi connectivity index (χ0n) is 11.3. The van der Waals surface area contributed by atoms with Crippen molar-refractivity contribution in [3.8, 4) is 11.4 Å². The minimum atomic E-state index is -0.625. The van der Waals surface area contributed by atoms with Gasteiger partial charge in [-0.2, -0.15) is 10.2 Å². The molecule has 3 rings (SSSR count). The van der Waals surface area contributed by atoms with Crippen LogP contribution in [0.15, 0.2) is 55.4 Å². The van der Waals surface area contributed by atoms with Gasteiger partial charge in [0.25, 0.3) is 0 Å². The van der Waals surface area contributed by atoms with Crippen LogP contribution < -0.4 is 4.74 Å². The van der Waals surface area contributed by atoms with Gasteiger partial charge in [0, 0.05) is 18.5 Å². The van der Waals surface area contributed by atoms with Crippen LogP contribution in [0.25, 0.3) is 5.69 Å². The minimum Gasteiger partial charge on any atom is -0.491 e. The molecule has 0 aliphatic heterocycles. The Morgan fingerprint density at radius 2 is 2.19 bits per heavy atom. The second-order valence-corrected chi connectivity index (χ2v) is 4.53. The van der Waals surface area contributed by atoms with Gasteiger partial charge in [-0.3, -0.25) is 4.68 Å². The molecule has 2 aromatic heterocycles. The number of aliphatic hydroxyl groups excluding tert-OH is 1. The van der Waals surface area contributed by atoms with E-state index in [0.717, 1.165) is 5.69 Å². The molecular formula is C14H15N5O2. The molecule has 21 heavy (non-hydrogen) atoms. The lowest BCUT2D eigenvalue weighted by atomic mass is 10.3. The van der Waals surface area contributed by atoms with E-state index in [4.69, 9.17) is 4.74 Å². The summed E-state index contributed by atoms with van der Waals surface area (Å²) < 4.78 is 8.92. The van der Waals surface area contributed by atoms with Gasteiger partial charge in [0.1, 0.15) is 31.1 Å². The zero-order chi connectivity index (χ0) is 14.5. The van der Waals surface area contributed by atoms with Crippen molar-refractivity contribution in [3.05, 3.63) is 55.4 Å². The number of benzene rings is 1. The van der Waals surface area contributed by atoms with Crippen molar-refractivity contribution in [3.63, 3.8) is 0 Å². The number of aliphatic hydroxyl groups is 1. The van der Waals surface area contributed by atoms with Crippen molar-refractivity contribution >= 4 is 0 Å². The third-order valence-electron chi connectivity index (χ3n) is 2.90. The van der Waals surface area contributed by atoms with Crippen LogP contribution in [0.2, 0.25) is 0 Å². The average Bonchev–Trinajstić information content (AvgIpc) is 3.19. The molecule has 1 aromatic carbocycles. The van der Waals surface area contributed by atoms with Crippen molar-refractivity contribution in [2.24, 2.45) is 0 Å². The molecular weight excluding hydrogens is 270 g/mol. The maximum atomic E-state index is 9.92. The van der Waals surface area contributed by atoms with Gasteiger partial charge in [0.2, 0.25) is 0 Å². The highest BCUT2D eigenvalue weighted by molar-refractivity contribution is 5.38. The second-order valence-electron chi connectivity index (χ2n) is 4.53. The molecule has 1 N–H and O–H groups in total. The van der Waals surface area contributed by atoms with Gasteiger partial charge in [0.15, 0.2) is 0 Å². The van der Waals surface area contributed by atoms with Crippen LogP contribution in [0, 0.1) is 0 Å². The summed E-state index contributed by atoms with van der Waals surface area (Å²) in [6, 6.07) is 9.26. The summed E-state index contributed by atoms with van der Waals surface area (Å²) in [6.45, 7) is 0.594. The van der Waals surface area contributed by atoms with Crippen molar-refractivity contribution in [1.29, 1.82) is 0 Å². The van der Waals surface area contributed by atoms with Crippen LogP contribution in [0.5, 0.6) is 5.75 Å². The number of ether oxygens (including phenoxy) is 1. The highest BCUT2D eigenvalue weighted by Gasteiger charge is 2.07. The molecule has 1 unspecified atom stereocenters. The Labute approximate surface area is 121 Å². The first-order valence-corrected chi connectivity index (χ1v) is 6.54. The fraction of sp³-hybridized carbons (Fsp3) is 0.214. The molecule has 3 aromatic rings. The molecule has 0 amide bonds. The van der Waals surface area contributed by atoms with Gasteiger partial charge in [-0.1, -0.05) is 6.07 Å². The number of rotatable bonds is 6. The van der Waals surface area contributed by atoms with E-state index in [9.17, 15) is 5.11 Å². The van der Waals surface area contributed by atoms with Crippen LogP contribution >= 0.6 is 0 Å². The highest BCUT2D eigenvalue weighted by atomic mass is 16.5. The molecule has 2 heterocycles. The van der Waals surface area contributed by atoms with Crippen LogP contribution in [0.4, 0.5) is 0 Å². The topological polar surface area (TPSA) is 78.0 Å². The molecule has 0 fully saturated rings. The first kappa shape index (κ1) is 13.3. The Balaban J connectivity index is 1.59. The summed E-state index contributed by atoms with van der Waals surface area (Å²) in [4.78, 5) is 3.91. The van der Waals surface area contributed by atoms with E-state index in [1.165, 1.54) is 6.33 Å². The normalized spacial score (nSPS) is 12.2. The van der Waals surface area contributed by atoms with Crippen molar-refractivity contribution in [2.45, 2.75) is 12.6 Å². The Morgan fingerprint density at radius 1 is 1.24 bits per heavy atom. The monoisotopic (exact) mass is 285 g/mol. The Kier molecular flexibility index (Phi) is 3.92. The van der Waals surface area contributed by atoms with E-state index < -0.39 is 6.10 Å². The van der Waals surface area contributed by atoms with Gasteiger partial charge in [-0.25, -0.2) is 9.67 Å². The number of hydrogen-bond acceptors (Lipinski definition) is 5. The van der Waals surface area contributed by atoms with E-state index in [1.807, 2.05) is 30.3 Å². The molecule has 7 nitrogen and oxygen atoms in total. The van der Waals surface area contributed by atoms with Gasteiger partial charge in [0.05, 0.1) is 12.2 Å². The lowest BCUT2D eigenvalue weighted by Crippen LogP contribution is -2.23. The van der Waals surface area contributed by atoms with Crippen molar-refractivity contribution in [2.75, 3.05) is 6.61 Å². The minimum absolute atomic E-state index is 0.195. The molecule has 0 aliphatic carbocycles. The van der Waals surface area contributed by atoms with Gasteiger partial charge < -0.3 is 9.84 Å². The van der Waals surface area contributed by atoms with Crippen LogP contribution in [0.3, 0.4) is 0 Å². The van der Waals surface area contributed by atoms with E-state index >= 15 is 0 Å². The molecule has 0 saturated carbocycles. The van der Waals surface area contributed by atoms with Crippen molar-refractivity contribution < 1.29 is 9.84 Å². The highest BCUT2D eigenvalue weighted by Crippen LogP contribution is 2.16. The number of hydrogen-bond donors (Lipinski definition) is 1. The number of aromatic nitrogens is 5. The number of nitrogens with zero attached hydrogens (tertiary/aromatic N) is 5. The summed E-state index contributed by atoms with van der Waals surface area (Å²) in [7, 11) is 0. The molecule has 0 saturated heterocycles. The molecule has 0 radical (unpaired) electrons. The lowest BCUT2D eigenvalue weighted by Gasteiger charge is -2.13. The van der Waals surface area contributed by atoms with Gasteiger partial charge in [-0.05, 0) is 18.2 Å². The fourth-order valence-electron chi connectivity index (χ4n) is 1.93. The molecule has 1 atom stereocenters. The molecule has 0 aliphatic rings. The van der Waals surface area contributed by atoms with Gasteiger partial charge in [-0.15, -0.1) is 0 Å². The molecule has 0 spiro atoms. The van der Waals surface area contributed by atoms with E-state index in [1.54, 1.807) is 28.1 Å². The quantitative estimate of drug-likeness (QED) is 0.728. The van der Waals surface area contributed by atoms with Crippen molar-refractivity contribution in [1.82, 2.24) is 24.5 Å². The maximum Gasteiger partial charge on any atom is 0.138 e. The summed E-state index contributed by atoms with van der Waals surface area (Å²) >= 11 is 0. The summed E-state index contributed by atoms with van der Waals surface area (Å²) in [5.74, 6) is 0.669. The molecule has 7 heteroatoms. The second kappa shape index (κ2) is 6.19. The standard InChI is InChI=1S/C14H15N5O2/c20-13(8-18-6-2-5-16-18)9-21-14-4-1-3-12(7-14)19-11-15-10-17-19/h1-7,10-11,13,20H,8-9H2. The predicted molar refractivity (Wildman–Crippen MR) is 75.1 cm³/mol. The van der Waals surface area contributed by atoms with Crippen LogP contribution in [-0.2, 0) is 6.54 Å². The first-order chi connectivity index (χ1) is 10.3. The average molecular weight is 285 g/mol. The summed E-state index contributed by atoms with van der Waals surface area (Å²) in [5.41, 5.74) is 0.853. The summed E-state index contributed by atoms with van der Waals surface area (Å²) in [6.07, 6.45) is 5.94. The Morgan fingerprint density at radius 3 is 2.95 bits per heavy atom. The Bertz CT molecular complexity index is 667. The smallest absolute Gasteiger partial charge is 0.138 e. The van der Waals surface area contributed by atoms with Crippen LogP contribution in [0.1, 0.15) is 0 Å². The van der Waals surface area contributed by atoms with E-state index in [-0.39, 0.29) is 6.61 Å². The molecule has 108 valence electrons. The summed E-state index contributed by atoms with van der Waals surface area (Å²) in [5, 5.41) is 18.0. The Hall–Kier alpha value is -2.67. The largest absolute Gasteiger partial charge is 0.491 e. The van der Waals surface area contributed by atoms with Gasteiger partial charge >= 0.3 is 0 Å². The zero-order valence-corrected chi connectivity index (χ0v) is 11.3.